The van der Waals surface area contributed by atoms with Gasteiger partial charge in [0.1, 0.15) is 60.5 Å². The fraction of sp³-hybridized carbons (Fsp3) is 0.643. The van der Waals surface area contributed by atoms with E-state index in [0.717, 1.165) is 21.6 Å². The molecule has 39 nitrogen and oxygen atoms in total. The number of hydrogen-bond acceptors (Lipinski definition) is 31. The van der Waals surface area contributed by atoms with Gasteiger partial charge < -0.3 is 111 Å². The van der Waals surface area contributed by atoms with Crippen molar-refractivity contribution in [1.29, 1.82) is 0 Å². The number of carboxylic acid groups (broad SMARTS) is 7. The molecule has 44 heteroatoms. The Hall–Kier alpha value is -7.85. The fourth-order valence-electron chi connectivity index (χ4n) is 6.61. The van der Waals surface area contributed by atoms with Gasteiger partial charge in [0.25, 0.3) is 0 Å². The molecule has 0 radical (unpaired) electrons. The summed E-state index contributed by atoms with van der Waals surface area (Å²) in [6, 6.07) is -10.2. The van der Waals surface area contributed by atoms with Crippen molar-refractivity contribution in [3.63, 3.8) is 0 Å². The quantitative estimate of drug-likeness (QED) is 0.0158. The van der Waals surface area contributed by atoms with Crippen molar-refractivity contribution in [3.8, 4) is 0 Å². The summed E-state index contributed by atoms with van der Waals surface area (Å²) in [5.74, 6) is -13.8. The van der Waals surface area contributed by atoms with E-state index in [1.165, 1.54) is 20.8 Å². The number of amides is 6. The molecule has 100 heavy (non-hydrogen) atoms. The predicted octanol–water partition coefficient (Wildman–Crippen LogP) is -3.73. The number of hydrogen-bond donors (Lipinski definition) is 21. The molecule has 6 amide bonds. The zero-order valence-electron chi connectivity index (χ0n) is 54.8. The Morgan fingerprint density at radius 3 is 1.18 bits per heavy atom. The second-order valence-corrected chi connectivity index (χ2v) is 24.9. The first kappa shape index (κ1) is 98.5. The second kappa shape index (κ2) is 56.9. The summed E-state index contributed by atoms with van der Waals surface area (Å²) >= 11 is 11.8. The topological polar surface area (TPSA) is 695 Å². The van der Waals surface area contributed by atoms with Crippen LogP contribution in [0, 0.1) is 5.92 Å². The maximum atomic E-state index is 12.5. The molecule has 0 saturated heterocycles. The molecule has 0 aliphatic carbocycles. The number of carbonyl (C=O) groups excluding carboxylic acids is 13. The molecule has 0 fully saturated rings. The van der Waals surface area contributed by atoms with Crippen LogP contribution >= 0.6 is 59.5 Å². The Labute approximate surface area is 597 Å². The highest BCUT2D eigenvalue weighted by atomic mass is 33.1. The molecule has 0 heterocycles. The van der Waals surface area contributed by atoms with Crippen LogP contribution in [0.2, 0.25) is 0 Å². The molecule has 23 N–H and O–H groups in total. The van der Waals surface area contributed by atoms with Gasteiger partial charge in [-0.2, -0.15) is 37.9 Å². The number of carboxylic acids is 7. The van der Waals surface area contributed by atoms with Crippen LogP contribution in [0.5, 0.6) is 0 Å². The minimum Gasteiger partial charge on any atom is -0.481 e. The lowest BCUT2D eigenvalue weighted by Gasteiger charge is -2.19. The third-order valence-corrected chi connectivity index (χ3v) is 16.2. The summed E-state index contributed by atoms with van der Waals surface area (Å²) in [6.45, 7) is 2.57. The molecule has 0 saturated carbocycles. The van der Waals surface area contributed by atoms with E-state index in [9.17, 15) is 95.9 Å². The maximum Gasteiger partial charge on any atom is 0.407 e. The van der Waals surface area contributed by atoms with Gasteiger partial charge in [0.05, 0.1) is 49.0 Å². The smallest absolute Gasteiger partial charge is 0.407 e. The van der Waals surface area contributed by atoms with Crippen molar-refractivity contribution in [3.05, 3.63) is 0 Å². The number of ether oxygens (including phenoxy) is 1. The van der Waals surface area contributed by atoms with Crippen LogP contribution in [-0.2, 0) is 91.0 Å². The lowest BCUT2D eigenvalue weighted by molar-refractivity contribution is -0.140. The van der Waals surface area contributed by atoms with Crippen molar-refractivity contribution in [2.75, 3.05) is 48.5 Å². The van der Waals surface area contributed by atoms with E-state index in [1.807, 2.05) is 0 Å². The molecule has 0 aliphatic heterocycles. The number of carbonyl (C=O) groups is 20. The third-order valence-electron chi connectivity index (χ3n) is 12.6. The van der Waals surface area contributed by atoms with E-state index in [1.54, 1.807) is 0 Å². The first-order valence-corrected chi connectivity index (χ1v) is 34.2. The Morgan fingerprint density at radius 1 is 0.410 bits per heavy atom. The van der Waals surface area contributed by atoms with Crippen LogP contribution in [0.1, 0.15) is 117 Å². The molecular formula is C56H91N11O28S5. The molecule has 0 aliphatic rings. The number of thiol groups is 3. The number of rotatable bonds is 51. The molecule has 568 valence electrons. The number of nitrogens with one attached hydrogen (secondary N) is 6. The summed E-state index contributed by atoms with van der Waals surface area (Å²) in [4.78, 5) is 226. The SMILES string of the molecule is CC(=O)CCC(=O)[C@H](CS)NC(=O)CC[C@H](N)C(=O)O.CC(=O)CCC(=O)[C@H](CS)NC(=O)NC[C@H](N)C(=O)O.CC(=O)[C@@H](N)CCC(=O)C[C@@H](CSSC[C@H](NC(=O)CC[C@H](N)C(=O)O)C(=O)CCC(=O)O)C(=O)NCC(=O)O.N[C@@H](COC(=O)N[C@@H](CS)C(=O)CCC(=O)O)C(=O)O. The van der Waals surface area contributed by atoms with Crippen LogP contribution in [0.15, 0.2) is 0 Å². The van der Waals surface area contributed by atoms with Gasteiger partial charge in [-0.3, -0.25) is 76.7 Å². The number of aliphatic carboxylic acids is 7. The summed E-state index contributed by atoms with van der Waals surface area (Å²) in [7, 11) is 2.13. The summed E-state index contributed by atoms with van der Waals surface area (Å²) < 4.78 is 4.51. The van der Waals surface area contributed by atoms with E-state index in [2.05, 4.69) is 74.5 Å². The van der Waals surface area contributed by atoms with E-state index < -0.39 is 163 Å². The molecule has 0 bridgehead atoms. The monoisotopic (exact) mass is 1530 g/mol. The first-order chi connectivity index (χ1) is 46.5. The lowest BCUT2D eigenvalue weighted by Crippen LogP contribution is -2.50. The Kier molecular flexibility index (Phi) is 56.0. The molecule has 10 atom stereocenters. The molecule has 0 unspecified atom stereocenters. The lowest BCUT2D eigenvalue weighted by atomic mass is 9.98. The molecule has 0 aromatic carbocycles. The summed E-state index contributed by atoms with van der Waals surface area (Å²) in [5.41, 5.74) is 26.6. The number of alkyl carbamates (subject to hydrolysis) is 1. The van der Waals surface area contributed by atoms with Gasteiger partial charge in [-0.15, -0.1) is 0 Å². The van der Waals surface area contributed by atoms with E-state index in [-0.39, 0.29) is 160 Å². The average Bonchev–Trinajstić information content (AvgIpc) is 0.933. The van der Waals surface area contributed by atoms with Crippen molar-refractivity contribution in [1.82, 2.24) is 31.9 Å². The van der Waals surface area contributed by atoms with Crippen molar-refractivity contribution in [2.24, 2.45) is 34.6 Å². The maximum absolute atomic E-state index is 12.5. The standard InChI is InChI=1S/C23H36N4O11S2.C12H20N2O5S.C11H19N3O5S.C10H16N2O7S/c1-12(28)15(24)3-2-14(29)8-13(22(36)26-9-21(34)35)10-39-40-11-17(18(30)5-7-20(32)33)27-19(31)6-4-16(25)23(37)38;1-7(15)2-4-10(16)9(6-20)14-11(17)5-3-8(13)12(18)19;1-6(15)2-3-9(16)8(5-20)14-11(19)13-4-7(12)10(17)18;11-5(9(16)17)3-19-10(18)12-6(4-20)7(13)1-2-8(14)15/h13,15-17H,2-11,24-25H2,1H3,(H,26,36)(H,27,31)(H,32,33)(H,34,35)(H,37,38);8-9,20H,2-6,13H2,1H3,(H,14,17)(H,18,19);7-8,20H,2-5,12H2,1H3,(H,17,18)(H2,13,14,19);5-6,20H,1-4,11H2,(H,12,18)(H,14,15)(H,16,17)/t13-,15-,16-,17-;8-,9-;7-,8-;5-,6-/m0000/s1. The van der Waals surface area contributed by atoms with Crippen LogP contribution in [0.3, 0.4) is 0 Å². The third kappa shape index (κ3) is 54.0. The number of ketones is 8. The molecular weight excluding hydrogens is 1430 g/mol. The fourth-order valence-corrected chi connectivity index (χ4v) is 10.00. The minimum absolute atomic E-state index is 0.0118. The highest BCUT2D eigenvalue weighted by molar-refractivity contribution is 8.76. The zero-order chi connectivity index (χ0) is 77.9. The first-order valence-electron chi connectivity index (χ1n) is 29.8. The minimum atomic E-state index is -1.36. The average molecular weight is 1530 g/mol. The number of nitrogens with two attached hydrogens (primary N) is 5. The van der Waals surface area contributed by atoms with Crippen LogP contribution in [0.25, 0.3) is 0 Å². The van der Waals surface area contributed by atoms with E-state index in [4.69, 9.17) is 64.4 Å². The molecule has 0 aromatic rings. The van der Waals surface area contributed by atoms with Gasteiger partial charge in [-0.25, -0.2) is 9.59 Å². The largest absolute Gasteiger partial charge is 0.481 e. The zero-order valence-corrected chi connectivity index (χ0v) is 59.1. The van der Waals surface area contributed by atoms with Gasteiger partial charge in [-0.1, -0.05) is 21.6 Å². The number of urea groups is 1. The van der Waals surface area contributed by atoms with Crippen LogP contribution < -0.4 is 60.6 Å². The van der Waals surface area contributed by atoms with Gasteiger partial charge in [0, 0.05) is 99.5 Å². The van der Waals surface area contributed by atoms with Gasteiger partial charge >= 0.3 is 53.9 Å². The van der Waals surface area contributed by atoms with Gasteiger partial charge in [-0.05, 0) is 40.0 Å². The number of Topliss-reactive ketones (excluding diaryl/α,β-unsaturated/α-hetero) is 8. The molecule has 0 aromatic heterocycles. The van der Waals surface area contributed by atoms with Gasteiger partial charge in [0.15, 0.2) is 23.1 Å². The van der Waals surface area contributed by atoms with Crippen molar-refractivity contribution >= 4 is 177 Å². The van der Waals surface area contributed by atoms with Crippen molar-refractivity contribution < 1.29 is 136 Å². The summed E-state index contributed by atoms with van der Waals surface area (Å²) in [6.07, 6.45) is -2.92. The van der Waals surface area contributed by atoms with Crippen LogP contribution in [-0.4, -0.2) is 256 Å². The Bertz CT molecular complexity index is 2560. The molecule has 0 rings (SSSR count). The normalized spacial score (nSPS) is 13.4. The molecule has 0 spiro atoms. The van der Waals surface area contributed by atoms with Gasteiger partial charge in [0.2, 0.25) is 17.7 Å². The second-order valence-electron chi connectivity index (χ2n) is 21.3. The Morgan fingerprint density at radius 2 is 0.790 bits per heavy atom. The highest BCUT2D eigenvalue weighted by Crippen LogP contribution is 2.27. The Balaban J connectivity index is -0.000000654. The highest BCUT2D eigenvalue weighted by Gasteiger charge is 2.28. The van der Waals surface area contributed by atoms with Crippen LogP contribution in [0.4, 0.5) is 9.59 Å². The predicted molar refractivity (Wildman–Crippen MR) is 365 cm³/mol. The summed E-state index contributed by atoms with van der Waals surface area (Å²) in [5, 5.41) is 74.4. The van der Waals surface area contributed by atoms with E-state index in [0.29, 0.717) is 0 Å². The van der Waals surface area contributed by atoms with E-state index >= 15 is 0 Å². The van der Waals surface area contributed by atoms with Crippen molar-refractivity contribution in [2.45, 2.75) is 171 Å².